The summed E-state index contributed by atoms with van der Waals surface area (Å²) >= 11 is 1.51. The van der Waals surface area contributed by atoms with Crippen molar-refractivity contribution in [1.82, 2.24) is 5.32 Å². The van der Waals surface area contributed by atoms with E-state index in [1.807, 2.05) is 0 Å². The third kappa shape index (κ3) is 6.21. The molecular formula is C15H25NO2S. The summed E-state index contributed by atoms with van der Waals surface area (Å²) in [7, 11) is 0. The Bertz CT molecular complexity index is 399. The van der Waals surface area contributed by atoms with Gasteiger partial charge in [-0.15, -0.1) is 11.3 Å². The van der Waals surface area contributed by atoms with Gasteiger partial charge in [-0.2, -0.15) is 0 Å². The minimum atomic E-state index is -0.845. The number of carboxylic acids is 1. The van der Waals surface area contributed by atoms with Crippen molar-refractivity contribution in [2.75, 3.05) is 6.54 Å². The average Bonchev–Trinajstić information content (AvgIpc) is 2.78. The quantitative estimate of drug-likeness (QED) is 0.670. The van der Waals surface area contributed by atoms with Gasteiger partial charge in [-0.25, -0.2) is 4.79 Å². The van der Waals surface area contributed by atoms with Gasteiger partial charge in [0, 0.05) is 23.3 Å². The topological polar surface area (TPSA) is 49.3 Å². The molecule has 0 atom stereocenters. The maximum Gasteiger partial charge on any atom is 0.336 e. The Morgan fingerprint density at radius 2 is 2.16 bits per heavy atom. The molecule has 1 rings (SSSR count). The zero-order valence-electron chi connectivity index (χ0n) is 12.2. The highest BCUT2D eigenvalue weighted by Gasteiger charge is 2.16. The minimum absolute atomic E-state index is 0.308. The molecule has 1 heterocycles. The highest BCUT2D eigenvalue weighted by Crippen LogP contribution is 2.23. The van der Waals surface area contributed by atoms with Gasteiger partial charge in [0.15, 0.2) is 0 Å². The third-order valence-corrected chi connectivity index (χ3v) is 4.20. The van der Waals surface area contributed by atoms with Gasteiger partial charge in [-0.05, 0) is 17.9 Å². The fourth-order valence-corrected chi connectivity index (χ4v) is 2.88. The molecule has 3 nitrogen and oxygen atoms in total. The van der Waals surface area contributed by atoms with Crippen LogP contribution in [0.15, 0.2) is 11.4 Å². The van der Waals surface area contributed by atoms with E-state index in [0.29, 0.717) is 11.0 Å². The molecular weight excluding hydrogens is 258 g/mol. The predicted octanol–water partition coefficient (Wildman–Crippen LogP) is 4.14. The van der Waals surface area contributed by atoms with E-state index in [1.54, 1.807) is 11.4 Å². The zero-order chi connectivity index (χ0) is 14.3. The Morgan fingerprint density at radius 1 is 1.42 bits per heavy atom. The van der Waals surface area contributed by atoms with Crippen molar-refractivity contribution in [3.63, 3.8) is 0 Å². The van der Waals surface area contributed by atoms with Gasteiger partial charge in [0.25, 0.3) is 0 Å². The maximum atomic E-state index is 10.8. The van der Waals surface area contributed by atoms with Gasteiger partial charge < -0.3 is 10.4 Å². The number of carboxylic acid groups (broad SMARTS) is 1. The molecule has 0 unspecified atom stereocenters. The van der Waals surface area contributed by atoms with Crippen molar-refractivity contribution in [2.45, 2.75) is 53.0 Å². The SMILES string of the molecule is CCCCCC(C)(C)CNCc1cc(C(=O)O)cs1. The van der Waals surface area contributed by atoms with E-state index in [0.717, 1.165) is 18.0 Å². The lowest BCUT2D eigenvalue weighted by Crippen LogP contribution is -2.28. The monoisotopic (exact) mass is 283 g/mol. The summed E-state index contributed by atoms with van der Waals surface area (Å²) in [5.74, 6) is -0.845. The molecule has 19 heavy (non-hydrogen) atoms. The first kappa shape index (κ1) is 16.2. The van der Waals surface area contributed by atoms with Crippen molar-refractivity contribution in [3.8, 4) is 0 Å². The second kappa shape index (κ2) is 7.65. The molecule has 0 fully saturated rings. The van der Waals surface area contributed by atoms with Crippen LogP contribution < -0.4 is 5.32 Å². The Labute approximate surface area is 120 Å². The second-order valence-electron chi connectivity index (χ2n) is 5.83. The van der Waals surface area contributed by atoms with Crippen LogP contribution in [-0.4, -0.2) is 17.6 Å². The first-order chi connectivity index (χ1) is 8.94. The van der Waals surface area contributed by atoms with Crippen LogP contribution in [0.2, 0.25) is 0 Å². The number of carbonyl (C=O) groups is 1. The molecule has 0 aliphatic heterocycles. The molecule has 0 aliphatic rings. The molecule has 0 amide bonds. The van der Waals surface area contributed by atoms with Gasteiger partial charge in [-0.1, -0.05) is 40.0 Å². The van der Waals surface area contributed by atoms with Gasteiger partial charge >= 0.3 is 5.97 Å². The lowest BCUT2D eigenvalue weighted by molar-refractivity contribution is 0.0697. The molecule has 0 aliphatic carbocycles. The van der Waals surface area contributed by atoms with Crippen LogP contribution in [0.25, 0.3) is 0 Å². The van der Waals surface area contributed by atoms with E-state index in [1.165, 1.54) is 37.0 Å². The molecule has 0 radical (unpaired) electrons. The van der Waals surface area contributed by atoms with Crippen molar-refractivity contribution in [3.05, 3.63) is 21.9 Å². The first-order valence-electron chi connectivity index (χ1n) is 6.96. The smallest absolute Gasteiger partial charge is 0.336 e. The number of nitrogens with one attached hydrogen (secondary N) is 1. The molecule has 0 saturated heterocycles. The van der Waals surface area contributed by atoms with Gasteiger partial charge in [0.1, 0.15) is 0 Å². The Hall–Kier alpha value is -0.870. The van der Waals surface area contributed by atoms with Crippen molar-refractivity contribution < 1.29 is 9.90 Å². The Kier molecular flexibility index (Phi) is 6.52. The van der Waals surface area contributed by atoms with Crippen molar-refractivity contribution in [2.24, 2.45) is 5.41 Å². The number of aromatic carboxylic acids is 1. The minimum Gasteiger partial charge on any atom is -0.478 e. The fourth-order valence-electron chi connectivity index (χ4n) is 2.05. The molecule has 0 spiro atoms. The Morgan fingerprint density at radius 3 is 2.74 bits per heavy atom. The lowest BCUT2D eigenvalue weighted by Gasteiger charge is -2.25. The normalized spacial score (nSPS) is 11.7. The van der Waals surface area contributed by atoms with E-state index in [-0.39, 0.29) is 0 Å². The number of unbranched alkanes of at least 4 members (excludes halogenated alkanes) is 2. The molecule has 0 saturated carbocycles. The van der Waals surface area contributed by atoms with Crippen LogP contribution in [0.4, 0.5) is 0 Å². The second-order valence-corrected chi connectivity index (χ2v) is 6.83. The fraction of sp³-hybridized carbons (Fsp3) is 0.667. The molecule has 1 aromatic heterocycles. The van der Waals surface area contributed by atoms with Gasteiger partial charge in [-0.3, -0.25) is 0 Å². The van der Waals surface area contributed by atoms with Crippen molar-refractivity contribution >= 4 is 17.3 Å². The molecule has 108 valence electrons. The van der Waals surface area contributed by atoms with E-state index in [9.17, 15) is 4.79 Å². The first-order valence-corrected chi connectivity index (χ1v) is 7.84. The zero-order valence-corrected chi connectivity index (χ0v) is 13.0. The highest BCUT2D eigenvalue weighted by molar-refractivity contribution is 7.10. The highest BCUT2D eigenvalue weighted by atomic mass is 32.1. The molecule has 2 N–H and O–H groups in total. The number of thiophene rings is 1. The lowest BCUT2D eigenvalue weighted by atomic mass is 9.87. The molecule has 0 aromatic carbocycles. The van der Waals surface area contributed by atoms with Crippen molar-refractivity contribution in [1.29, 1.82) is 0 Å². The third-order valence-electron chi connectivity index (χ3n) is 3.26. The van der Waals surface area contributed by atoms with Crippen LogP contribution in [0, 0.1) is 5.41 Å². The summed E-state index contributed by atoms with van der Waals surface area (Å²) in [6.45, 7) is 8.52. The van der Waals surface area contributed by atoms with Crippen LogP contribution in [0.3, 0.4) is 0 Å². The summed E-state index contributed by atoms with van der Waals surface area (Å²) in [4.78, 5) is 11.9. The van der Waals surface area contributed by atoms with E-state index < -0.39 is 5.97 Å². The van der Waals surface area contributed by atoms with Crippen LogP contribution in [-0.2, 0) is 6.54 Å². The van der Waals surface area contributed by atoms with E-state index in [2.05, 4.69) is 26.1 Å². The summed E-state index contributed by atoms with van der Waals surface area (Å²) in [5.41, 5.74) is 0.700. The summed E-state index contributed by atoms with van der Waals surface area (Å²) in [5, 5.41) is 14.0. The number of rotatable bonds is 9. The van der Waals surface area contributed by atoms with E-state index >= 15 is 0 Å². The van der Waals surface area contributed by atoms with Crippen LogP contribution >= 0.6 is 11.3 Å². The molecule has 0 bridgehead atoms. The predicted molar refractivity (Wildman–Crippen MR) is 80.9 cm³/mol. The molecule has 1 aromatic rings. The van der Waals surface area contributed by atoms with Crippen LogP contribution in [0.5, 0.6) is 0 Å². The summed E-state index contributed by atoms with van der Waals surface area (Å²) < 4.78 is 0. The number of hydrogen-bond acceptors (Lipinski definition) is 3. The van der Waals surface area contributed by atoms with Gasteiger partial charge in [0.2, 0.25) is 0 Å². The summed E-state index contributed by atoms with van der Waals surface area (Å²) in [6, 6.07) is 1.75. The largest absolute Gasteiger partial charge is 0.478 e. The van der Waals surface area contributed by atoms with Crippen LogP contribution in [0.1, 0.15) is 61.7 Å². The van der Waals surface area contributed by atoms with Gasteiger partial charge in [0.05, 0.1) is 5.56 Å². The maximum absolute atomic E-state index is 10.8. The summed E-state index contributed by atoms with van der Waals surface area (Å²) in [6.07, 6.45) is 5.08. The standard InChI is InChI=1S/C15H25NO2S/c1-4-5-6-7-15(2,3)11-16-9-13-8-12(10-19-13)14(17)18/h8,10,16H,4-7,9,11H2,1-3H3,(H,17,18). The average molecular weight is 283 g/mol. The number of hydrogen-bond donors (Lipinski definition) is 2. The van der Waals surface area contributed by atoms with E-state index in [4.69, 9.17) is 5.11 Å². The molecule has 4 heteroatoms. The Balaban J connectivity index is 2.30.